The standard InChI is InChI=1S/C21H25N3O5/c25-11-14-9-16(19(27)17(10-14)22-13-26)21-24-18(12-29-21)20(28)23-15-7-5-3-1-2-4-6-8-15/h9-13,15,27H,1-8H2,(H,22,26)(H,23,28). The minimum Gasteiger partial charge on any atom is -0.505 e. The fourth-order valence-corrected chi connectivity index (χ4v) is 3.60. The van der Waals surface area contributed by atoms with Crippen molar-refractivity contribution in [1.82, 2.24) is 10.3 Å². The summed E-state index contributed by atoms with van der Waals surface area (Å²) in [5, 5.41) is 15.7. The van der Waals surface area contributed by atoms with Crippen molar-refractivity contribution in [3.63, 3.8) is 0 Å². The molecule has 29 heavy (non-hydrogen) atoms. The molecule has 0 atom stereocenters. The zero-order valence-corrected chi connectivity index (χ0v) is 16.1. The van der Waals surface area contributed by atoms with Gasteiger partial charge in [-0.2, -0.15) is 0 Å². The third-order valence-corrected chi connectivity index (χ3v) is 5.14. The molecule has 0 aliphatic heterocycles. The summed E-state index contributed by atoms with van der Waals surface area (Å²) in [6, 6.07) is 2.81. The highest BCUT2D eigenvalue weighted by Crippen LogP contribution is 2.36. The van der Waals surface area contributed by atoms with Gasteiger partial charge in [-0.25, -0.2) is 4.98 Å². The van der Waals surface area contributed by atoms with Gasteiger partial charge in [0.1, 0.15) is 12.5 Å². The minimum atomic E-state index is -0.332. The van der Waals surface area contributed by atoms with Gasteiger partial charge in [-0.05, 0) is 25.0 Å². The number of hydrogen-bond acceptors (Lipinski definition) is 6. The maximum atomic E-state index is 12.6. The van der Waals surface area contributed by atoms with E-state index in [1.54, 1.807) is 0 Å². The normalized spacial score (nSPS) is 15.6. The van der Waals surface area contributed by atoms with Crippen LogP contribution in [-0.4, -0.2) is 34.7 Å². The Balaban J connectivity index is 1.77. The highest BCUT2D eigenvalue weighted by atomic mass is 16.3. The number of phenols is 1. The lowest BCUT2D eigenvalue weighted by atomic mass is 10.0. The van der Waals surface area contributed by atoms with Gasteiger partial charge in [0.05, 0.1) is 11.3 Å². The molecule has 1 aromatic carbocycles. The lowest BCUT2D eigenvalue weighted by Crippen LogP contribution is -2.35. The zero-order valence-electron chi connectivity index (χ0n) is 16.1. The lowest BCUT2D eigenvalue weighted by Gasteiger charge is -2.16. The van der Waals surface area contributed by atoms with Crippen LogP contribution in [0.5, 0.6) is 5.75 Å². The SMILES string of the molecule is O=CNc1cc(C=O)cc(-c2nc(C(=O)NC3CCCCCCCC3)co2)c1O. The van der Waals surface area contributed by atoms with E-state index in [2.05, 4.69) is 15.6 Å². The molecule has 8 heteroatoms. The van der Waals surface area contributed by atoms with Gasteiger partial charge in [0, 0.05) is 11.6 Å². The molecule has 1 fully saturated rings. The van der Waals surface area contributed by atoms with Gasteiger partial charge in [0.2, 0.25) is 12.3 Å². The molecule has 0 radical (unpaired) electrons. The minimum absolute atomic E-state index is 0.0141. The maximum Gasteiger partial charge on any atom is 0.273 e. The number of aromatic nitrogens is 1. The molecule has 2 aromatic rings. The molecule has 0 spiro atoms. The van der Waals surface area contributed by atoms with Gasteiger partial charge >= 0.3 is 0 Å². The molecule has 3 rings (SSSR count). The summed E-state index contributed by atoms with van der Waals surface area (Å²) < 4.78 is 5.38. The Morgan fingerprint density at radius 3 is 2.45 bits per heavy atom. The van der Waals surface area contributed by atoms with Gasteiger partial charge in [-0.15, -0.1) is 0 Å². The first-order valence-electron chi connectivity index (χ1n) is 9.91. The third kappa shape index (κ3) is 5.22. The quantitative estimate of drug-likeness (QED) is 0.503. The monoisotopic (exact) mass is 399 g/mol. The third-order valence-electron chi connectivity index (χ3n) is 5.14. The van der Waals surface area contributed by atoms with Crippen LogP contribution < -0.4 is 10.6 Å². The number of benzene rings is 1. The Kier molecular flexibility index (Phi) is 6.99. The van der Waals surface area contributed by atoms with E-state index >= 15 is 0 Å². The van der Waals surface area contributed by atoms with Crippen molar-refractivity contribution in [2.24, 2.45) is 0 Å². The predicted octanol–water partition coefficient (Wildman–Crippen LogP) is 3.66. The van der Waals surface area contributed by atoms with Crippen molar-refractivity contribution in [1.29, 1.82) is 0 Å². The van der Waals surface area contributed by atoms with Crippen LogP contribution in [0.25, 0.3) is 11.5 Å². The Morgan fingerprint density at radius 2 is 1.79 bits per heavy atom. The van der Waals surface area contributed by atoms with Crippen LogP contribution in [0.15, 0.2) is 22.8 Å². The molecule has 3 N–H and O–H groups in total. The first kappa shape index (κ1) is 20.6. The van der Waals surface area contributed by atoms with E-state index < -0.39 is 0 Å². The predicted molar refractivity (Wildman–Crippen MR) is 107 cm³/mol. The Morgan fingerprint density at radius 1 is 1.10 bits per heavy atom. The van der Waals surface area contributed by atoms with E-state index in [9.17, 15) is 19.5 Å². The number of aromatic hydroxyl groups is 1. The molecule has 1 saturated carbocycles. The summed E-state index contributed by atoms with van der Waals surface area (Å²) in [6.07, 6.45) is 11.1. The van der Waals surface area contributed by atoms with Crippen LogP contribution in [0.2, 0.25) is 0 Å². The Labute approximate surface area is 168 Å². The summed E-state index contributed by atoms with van der Waals surface area (Å²) in [5.74, 6) is -0.644. The topological polar surface area (TPSA) is 122 Å². The van der Waals surface area contributed by atoms with Gasteiger partial charge in [0.25, 0.3) is 5.91 Å². The van der Waals surface area contributed by atoms with Crippen molar-refractivity contribution < 1.29 is 23.9 Å². The Hall–Kier alpha value is -3.16. The first-order valence-corrected chi connectivity index (χ1v) is 9.91. The van der Waals surface area contributed by atoms with Crippen LogP contribution in [0.4, 0.5) is 5.69 Å². The van der Waals surface area contributed by atoms with Crippen molar-refractivity contribution in [3.05, 3.63) is 29.7 Å². The van der Waals surface area contributed by atoms with E-state index in [4.69, 9.17) is 4.42 Å². The molecule has 0 bridgehead atoms. The average molecular weight is 399 g/mol. The van der Waals surface area contributed by atoms with Gasteiger partial charge in [0.15, 0.2) is 11.4 Å². The largest absolute Gasteiger partial charge is 0.505 e. The second-order valence-corrected chi connectivity index (χ2v) is 7.25. The number of nitrogens with zero attached hydrogens (tertiary/aromatic N) is 1. The number of oxazole rings is 1. The van der Waals surface area contributed by atoms with Crippen molar-refractivity contribution in [3.8, 4) is 17.2 Å². The van der Waals surface area contributed by atoms with Crippen LogP contribution >= 0.6 is 0 Å². The second-order valence-electron chi connectivity index (χ2n) is 7.25. The number of nitrogens with one attached hydrogen (secondary N) is 2. The summed E-state index contributed by atoms with van der Waals surface area (Å²) in [7, 11) is 0. The maximum absolute atomic E-state index is 12.6. The molecule has 1 aromatic heterocycles. The van der Waals surface area contributed by atoms with Gasteiger partial charge in [-0.1, -0.05) is 38.5 Å². The molecule has 1 aliphatic carbocycles. The highest BCUT2D eigenvalue weighted by molar-refractivity contribution is 5.93. The second kappa shape index (κ2) is 9.86. The molecule has 2 amide bonds. The van der Waals surface area contributed by atoms with E-state index in [0.717, 1.165) is 25.7 Å². The fraction of sp³-hybridized carbons (Fsp3) is 0.429. The zero-order chi connectivity index (χ0) is 20.6. The molecule has 1 heterocycles. The molecular weight excluding hydrogens is 374 g/mol. The molecule has 0 saturated heterocycles. The Bertz CT molecular complexity index is 867. The van der Waals surface area contributed by atoms with E-state index in [-0.39, 0.29) is 46.1 Å². The van der Waals surface area contributed by atoms with E-state index in [0.29, 0.717) is 12.7 Å². The number of amides is 2. The molecule has 8 nitrogen and oxygen atoms in total. The molecular formula is C21H25N3O5. The van der Waals surface area contributed by atoms with Gasteiger partial charge < -0.3 is 20.2 Å². The smallest absolute Gasteiger partial charge is 0.273 e. The molecule has 0 unspecified atom stereocenters. The van der Waals surface area contributed by atoms with E-state index in [1.165, 1.54) is 44.1 Å². The van der Waals surface area contributed by atoms with Crippen LogP contribution in [0.3, 0.4) is 0 Å². The van der Waals surface area contributed by atoms with Crippen molar-refractivity contribution >= 4 is 24.3 Å². The molecule has 1 aliphatic rings. The number of anilines is 1. The van der Waals surface area contributed by atoms with Crippen LogP contribution in [0, 0.1) is 0 Å². The number of aldehydes is 1. The number of phenolic OH excluding ortho intramolecular Hbond substituents is 1. The number of carbonyl (C=O) groups excluding carboxylic acids is 3. The fourth-order valence-electron chi connectivity index (χ4n) is 3.60. The lowest BCUT2D eigenvalue weighted by molar-refractivity contribution is -0.105. The average Bonchev–Trinajstić information content (AvgIpc) is 3.24. The van der Waals surface area contributed by atoms with Gasteiger partial charge in [-0.3, -0.25) is 14.4 Å². The number of rotatable bonds is 6. The highest BCUT2D eigenvalue weighted by Gasteiger charge is 2.21. The summed E-state index contributed by atoms with van der Waals surface area (Å²) >= 11 is 0. The summed E-state index contributed by atoms with van der Waals surface area (Å²) in [6.45, 7) is 0. The first-order chi connectivity index (χ1) is 14.1. The van der Waals surface area contributed by atoms with Crippen LogP contribution in [-0.2, 0) is 4.79 Å². The van der Waals surface area contributed by atoms with E-state index in [1.807, 2.05) is 0 Å². The van der Waals surface area contributed by atoms with Crippen molar-refractivity contribution in [2.45, 2.75) is 57.4 Å². The van der Waals surface area contributed by atoms with Crippen LogP contribution in [0.1, 0.15) is 72.2 Å². The summed E-state index contributed by atoms with van der Waals surface area (Å²) in [4.78, 5) is 38.7. The number of hydrogen-bond donors (Lipinski definition) is 3. The van der Waals surface area contributed by atoms with Crippen molar-refractivity contribution in [2.75, 3.05) is 5.32 Å². The number of carbonyl (C=O) groups is 3. The summed E-state index contributed by atoms with van der Waals surface area (Å²) in [5.41, 5.74) is 0.479. The molecule has 154 valence electrons.